The van der Waals surface area contributed by atoms with Crippen molar-refractivity contribution >= 4 is 5.91 Å². The summed E-state index contributed by atoms with van der Waals surface area (Å²) in [4.78, 5) is 11.1. The van der Waals surface area contributed by atoms with Crippen molar-refractivity contribution in [3.8, 4) is 5.75 Å². The monoisotopic (exact) mass is 208 g/mol. The molecule has 0 aliphatic carbocycles. The summed E-state index contributed by atoms with van der Waals surface area (Å²) in [5, 5.41) is 0. The highest BCUT2D eigenvalue weighted by Gasteiger charge is 2.03. The molecule has 0 spiro atoms. The molecule has 15 heavy (non-hydrogen) atoms. The van der Waals surface area contributed by atoms with Crippen LogP contribution in [0.1, 0.15) is 11.1 Å². The molecule has 0 fully saturated rings. The largest absolute Gasteiger partial charge is 0.483 e. The highest BCUT2D eigenvalue weighted by molar-refractivity contribution is 5.76. The molecule has 0 aromatic heterocycles. The Balaban J connectivity index is 2.57. The Morgan fingerprint density at radius 2 is 2.13 bits per heavy atom. The summed E-state index contributed by atoms with van der Waals surface area (Å²) in [6.45, 7) is 3.95. The summed E-state index contributed by atoms with van der Waals surface area (Å²) in [5.74, 6) is 0.555. The van der Waals surface area contributed by atoms with Crippen molar-refractivity contribution in [1.82, 2.24) is 10.9 Å². The molecule has 1 aromatic rings. The Kier molecular flexibility index (Phi) is 4.12. The molecule has 0 atom stereocenters. The molecular formula is C11H16N2O2. The molecule has 1 rings (SSSR count). The van der Waals surface area contributed by atoms with E-state index in [1.807, 2.05) is 32.0 Å². The van der Waals surface area contributed by atoms with Gasteiger partial charge in [-0.3, -0.25) is 10.2 Å². The standard InChI is InChI=1S/C11H16N2O2/c1-8-4-5-9(2)10(6-8)15-7-11(14)13-12-3/h4-6,12H,7H2,1-3H3,(H,13,14). The zero-order valence-corrected chi connectivity index (χ0v) is 9.26. The fourth-order valence-corrected chi connectivity index (χ4v) is 1.18. The highest BCUT2D eigenvalue weighted by atomic mass is 16.5. The van der Waals surface area contributed by atoms with Gasteiger partial charge in [0.2, 0.25) is 0 Å². The van der Waals surface area contributed by atoms with Gasteiger partial charge in [-0.1, -0.05) is 12.1 Å². The number of hydrogen-bond acceptors (Lipinski definition) is 3. The van der Waals surface area contributed by atoms with E-state index in [1.54, 1.807) is 7.05 Å². The van der Waals surface area contributed by atoms with Crippen LogP contribution in [-0.4, -0.2) is 19.6 Å². The first kappa shape index (κ1) is 11.5. The van der Waals surface area contributed by atoms with Crippen molar-refractivity contribution in [2.24, 2.45) is 0 Å². The molecule has 1 aromatic carbocycles. The molecule has 0 aliphatic heterocycles. The molecule has 0 radical (unpaired) electrons. The Bertz CT molecular complexity index is 350. The topological polar surface area (TPSA) is 50.4 Å². The molecule has 0 saturated heterocycles. The van der Waals surface area contributed by atoms with Crippen LogP contribution in [0.15, 0.2) is 18.2 Å². The third-order valence-corrected chi connectivity index (χ3v) is 1.97. The van der Waals surface area contributed by atoms with Gasteiger partial charge in [-0.25, -0.2) is 5.43 Å². The minimum absolute atomic E-state index is 0.0190. The fourth-order valence-electron chi connectivity index (χ4n) is 1.18. The van der Waals surface area contributed by atoms with Crippen LogP contribution in [0.2, 0.25) is 0 Å². The molecule has 0 unspecified atom stereocenters. The molecule has 4 heteroatoms. The molecule has 0 heterocycles. The van der Waals surface area contributed by atoms with E-state index < -0.39 is 0 Å². The van der Waals surface area contributed by atoms with Crippen LogP contribution >= 0.6 is 0 Å². The molecule has 0 bridgehead atoms. The van der Waals surface area contributed by atoms with Crippen LogP contribution in [-0.2, 0) is 4.79 Å². The van der Waals surface area contributed by atoms with E-state index in [4.69, 9.17) is 4.74 Å². The predicted molar refractivity (Wildman–Crippen MR) is 58.6 cm³/mol. The number of rotatable bonds is 4. The maximum atomic E-state index is 11.1. The maximum Gasteiger partial charge on any atom is 0.271 e. The number of hydrazine groups is 1. The summed E-state index contributed by atoms with van der Waals surface area (Å²) in [5.41, 5.74) is 7.13. The lowest BCUT2D eigenvalue weighted by Crippen LogP contribution is -2.37. The fraction of sp³-hybridized carbons (Fsp3) is 0.364. The molecule has 1 amide bonds. The minimum Gasteiger partial charge on any atom is -0.483 e. The quantitative estimate of drug-likeness (QED) is 0.724. The summed E-state index contributed by atoms with van der Waals surface area (Å²) >= 11 is 0. The molecule has 82 valence electrons. The van der Waals surface area contributed by atoms with Gasteiger partial charge in [-0.15, -0.1) is 0 Å². The van der Waals surface area contributed by atoms with E-state index in [1.165, 1.54) is 0 Å². The zero-order chi connectivity index (χ0) is 11.3. The lowest BCUT2D eigenvalue weighted by atomic mass is 10.1. The summed E-state index contributed by atoms with van der Waals surface area (Å²) in [7, 11) is 1.63. The van der Waals surface area contributed by atoms with Crippen LogP contribution < -0.4 is 15.6 Å². The van der Waals surface area contributed by atoms with Crippen molar-refractivity contribution in [2.45, 2.75) is 13.8 Å². The summed E-state index contributed by atoms with van der Waals surface area (Å²) < 4.78 is 5.38. The number of hydrogen-bond donors (Lipinski definition) is 2. The Hall–Kier alpha value is -1.55. The van der Waals surface area contributed by atoms with Crippen LogP contribution in [0.25, 0.3) is 0 Å². The number of carbonyl (C=O) groups excluding carboxylic acids is 1. The second-order valence-electron chi connectivity index (χ2n) is 3.36. The molecule has 4 nitrogen and oxygen atoms in total. The first-order chi connectivity index (χ1) is 7.13. The van der Waals surface area contributed by atoms with Gasteiger partial charge in [0.15, 0.2) is 6.61 Å². The van der Waals surface area contributed by atoms with Gasteiger partial charge in [-0.05, 0) is 31.0 Å². The summed E-state index contributed by atoms with van der Waals surface area (Å²) in [6, 6.07) is 5.90. The number of carbonyl (C=O) groups is 1. The predicted octanol–water partition coefficient (Wildman–Crippen LogP) is 0.933. The minimum atomic E-state index is -0.196. The van der Waals surface area contributed by atoms with Crippen molar-refractivity contribution < 1.29 is 9.53 Å². The van der Waals surface area contributed by atoms with Crippen LogP contribution in [0, 0.1) is 13.8 Å². The Morgan fingerprint density at radius 1 is 1.40 bits per heavy atom. The molecule has 2 N–H and O–H groups in total. The van der Waals surface area contributed by atoms with Crippen LogP contribution in [0.4, 0.5) is 0 Å². The maximum absolute atomic E-state index is 11.1. The van der Waals surface area contributed by atoms with Crippen molar-refractivity contribution in [2.75, 3.05) is 13.7 Å². The van der Waals surface area contributed by atoms with Gasteiger partial charge in [0.1, 0.15) is 5.75 Å². The van der Waals surface area contributed by atoms with Gasteiger partial charge in [0, 0.05) is 7.05 Å². The second kappa shape index (κ2) is 5.36. The third-order valence-electron chi connectivity index (χ3n) is 1.97. The summed E-state index contributed by atoms with van der Waals surface area (Å²) in [6.07, 6.45) is 0. The lowest BCUT2D eigenvalue weighted by molar-refractivity contribution is -0.123. The normalized spacial score (nSPS) is 9.80. The third kappa shape index (κ3) is 3.59. The van der Waals surface area contributed by atoms with E-state index in [2.05, 4.69) is 10.9 Å². The van der Waals surface area contributed by atoms with Crippen molar-refractivity contribution in [3.63, 3.8) is 0 Å². The van der Waals surface area contributed by atoms with E-state index in [0.29, 0.717) is 0 Å². The highest BCUT2D eigenvalue weighted by Crippen LogP contribution is 2.18. The van der Waals surface area contributed by atoms with Gasteiger partial charge >= 0.3 is 0 Å². The van der Waals surface area contributed by atoms with Gasteiger partial charge < -0.3 is 4.74 Å². The zero-order valence-electron chi connectivity index (χ0n) is 9.26. The van der Waals surface area contributed by atoms with E-state index in [9.17, 15) is 4.79 Å². The molecule has 0 saturated carbocycles. The number of nitrogens with one attached hydrogen (secondary N) is 2. The Labute approximate surface area is 89.6 Å². The number of ether oxygens (including phenoxy) is 1. The average Bonchev–Trinajstić information content (AvgIpc) is 2.20. The first-order valence-electron chi connectivity index (χ1n) is 4.79. The molecular weight excluding hydrogens is 192 g/mol. The lowest BCUT2D eigenvalue weighted by Gasteiger charge is -2.09. The second-order valence-corrected chi connectivity index (χ2v) is 3.36. The van der Waals surface area contributed by atoms with Crippen molar-refractivity contribution in [1.29, 1.82) is 0 Å². The van der Waals surface area contributed by atoms with Gasteiger partial charge in [0.05, 0.1) is 0 Å². The van der Waals surface area contributed by atoms with E-state index in [0.717, 1.165) is 16.9 Å². The van der Waals surface area contributed by atoms with Crippen LogP contribution in [0.5, 0.6) is 5.75 Å². The van der Waals surface area contributed by atoms with E-state index in [-0.39, 0.29) is 12.5 Å². The van der Waals surface area contributed by atoms with Crippen molar-refractivity contribution in [3.05, 3.63) is 29.3 Å². The smallest absolute Gasteiger partial charge is 0.271 e. The van der Waals surface area contributed by atoms with Gasteiger partial charge in [0.25, 0.3) is 5.91 Å². The van der Waals surface area contributed by atoms with Gasteiger partial charge in [-0.2, -0.15) is 0 Å². The molecule has 0 aliphatic rings. The number of amides is 1. The average molecular weight is 208 g/mol. The Morgan fingerprint density at radius 3 is 2.80 bits per heavy atom. The number of benzene rings is 1. The first-order valence-corrected chi connectivity index (χ1v) is 4.79. The van der Waals surface area contributed by atoms with Crippen LogP contribution in [0.3, 0.4) is 0 Å². The SMILES string of the molecule is CNNC(=O)COc1cc(C)ccc1C. The number of aryl methyl sites for hydroxylation is 2. The van der Waals surface area contributed by atoms with E-state index >= 15 is 0 Å².